The van der Waals surface area contributed by atoms with Crippen molar-refractivity contribution < 1.29 is 4.79 Å². The van der Waals surface area contributed by atoms with Gasteiger partial charge in [-0.15, -0.1) is 0 Å². The molecule has 0 unspecified atom stereocenters. The Morgan fingerprint density at radius 1 is 1.24 bits per heavy atom. The molecule has 1 aromatic rings. The van der Waals surface area contributed by atoms with E-state index in [0.717, 1.165) is 23.4 Å². The van der Waals surface area contributed by atoms with Crippen molar-refractivity contribution in [3.05, 3.63) is 29.8 Å². The first-order chi connectivity index (χ1) is 9.70. The van der Waals surface area contributed by atoms with Gasteiger partial charge in [0.1, 0.15) is 0 Å². The summed E-state index contributed by atoms with van der Waals surface area (Å²) in [6, 6.07) is 8.38. The predicted molar refractivity (Wildman–Crippen MR) is 87.5 cm³/mol. The van der Waals surface area contributed by atoms with Crippen LogP contribution in [0.1, 0.15) is 45.7 Å². The van der Waals surface area contributed by atoms with Gasteiger partial charge in [0.2, 0.25) is 5.91 Å². The van der Waals surface area contributed by atoms with Crippen LogP contribution < -0.4 is 4.90 Å². The Kier molecular flexibility index (Phi) is 4.08. The zero-order valence-corrected chi connectivity index (χ0v) is 13.8. The number of amides is 1. The molecule has 4 nitrogen and oxygen atoms in total. The highest BCUT2D eigenvalue weighted by Crippen LogP contribution is 2.36. The molecule has 0 aliphatic carbocycles. The Hall–Kier alpha value is -1.84. The van der Waals surface area contributed by atoms with Gasteiger partial charge in [-0.25, -0.2) is 5.01 Å². The molecule has 0 bridgehead atoms. The highest BCUT2D eigenvalue weighted by Gasteiger charge is 2.35. The maximum absolute atomic E-state index is 11.9. The van der Waals surface area contributed by atoms with E-state index in [1.165, 1.54) is 0 Å². The van der Waals surface area contributed by atoms with E-state index in [-0.39, 0.29) is 17.4 Å². The Bertz CT molecular complexity index is 552. The van der Waals surface area contributed by atoms with Crippen molar-refractivity contribution in [2.45, 2.75) is 40.2 Å². The number of hydrogen-bond acceptors (Lipinski definition) is 3. The fourth-order valence-corrected chi connectivity index (χ4v) is 2.51. The number of carbonyl (C=O) groups is 1. The first-order valence-corrected chi connectivity index (χ1v) is 7.35. The van der Waals surface area contributed by atoms with Gasteiger partial charge in [-0.05, 0) is 17.7 Å². The topological polar surface area (TPSA) is 35.9 Å². The summed E-state index contributed by atoms with van der Waals surface area (Å²) in [5.41, 5.74) is 3.37. The lowest BCUT2D eigenvalue weighted by atomic mass is 9.86. The van der Waals surface area contributed by atoms with E-state index >= 15 is 0 Å². The minimum atomic E-state index is -0.00791. The third kappa shape index (κ3) is 3.26. The molecule has 0 aromatic heterocycles. The summed E-state index contributed by atoms with van der Waals surface area (Å²) in [4.78, 5) is 14.0. The zero-order valence-electron chi connectivity index (χ0n) is 13.8. The lowest BCUT2D eigenvalue weighted by Gasteiger charge is -2.22. The molecule has 1 amide bonds. The number of carbonyl (C=O) groups excluding carboxylic acids is 1. The molecule has 1 aromatic carbocycles. The summed E-state index contributed by atoms with van der Waals surface area (Å²) in [6.45, 7) is 8.00. The van der Waals surface area contributed by atoms with Crippen molar-refractivity contribution in [1.29, 1.82) is 0 Å². The normalized spacial score (nSPS) is 18.7. The molecule has 0 saturated heterocycles. The smallest absolute Gasteiger partial charge is 0.240 e. The Labute approximate surface area is 127 Å². The van der Waals surface area contributed by atoms with Crippen LogP contribution in [-0.4, -0.2) is 30.7 Å². The quantitative estimate of drug-likeness (QED) is 0.835. The van der Waals surface area contributed by atoms with Crippen LogP contribution in [-0.2, 0) is 4.79 Å². The van der Waals surface area contributed by atoms with Crippen LogP contribution >= 0.6 is 0 Å². The van der Waals surface area contributed by atoms with Crippen molar-refractivity contribution in [3.63, 3.8) is 0 Å². The number of hydrazone groups is 1. The molecule has 114 valence electrons. The minimum absolute atomic E-state index is 0.00376. The molecular formula is C17H25N3O. The van der Waals surface area contributed by atoms with Crippen molar-refractivity contribution in [2.24, 2.45) is 10.5 Å². The van der Waals surface area contributed by atoms with Gasteiger partial charge in [-0.2, -0.15) is 5.10 Å². The van der Waals surface area contributed by atoms with Crippen LogP contribution in [0.2, 0.25) is 0 Å². The zero-order chi connectivity index (χ0) is 15.8. The summed E-state index contributed by atoms with van der Waals surface area (Å²) in [5.74, 6) is -0.00376. The highest BCUT2D eigenvalue weighted by molar-refractivity contribution is 5.93. The predicted octanol–water partition coefficient (Wildman–Crippen LogP) is 3.45. The number of anilines is 1. The number of rotatable bonds is 2. The van der Waals surface area contributed by atoms with Gasteiger partial charge in [-0.1, -0.05) is 32.9 Å². The summed E-state index contributed by atoms with van der Waals surface area (Å²) in [6.07, 6.45) is 0.810. The van der Waals surface area contributed by atoms with Gasteiger partial charge in [0, 0.05) is 44.3 Å². The summed E-state index contributed by atoms with van der Waals surface area (Å²) >= 11 is 0. The van der Waals surface area contributed by atoms with E-state index in [4.69, 9.17) is 0 Å². The lowest BCUT2D eigenvalue weighted by molar-refractivity contribution is -0.130. The minimum Gasteiger partial charge on any atom is -0.378 e. The van der Waals surface area contributed by atoms with Crippen LogP contribution in [0.15, 0.2) is 29.4 Å². The molecular weight excluding hydrogens is 262 g/mol. The van der Waals surface area contributed by atoms with Crippen molar-refractivity contribution in [1.82, 2.24) is 5.01 Å². The average molecular weight is 287 g/mol. The molecule has 0 fully saturated rings. The van der Waals surface area contributed by atoms with Gasteiger partial charge >= 0.3 is 0 Å². The van der Waals surface area contributed by atoms with Gasteiger partial charge in [0.25, 0.3) is 0 Å². The van der Waals surface area contributed by atoms with Gasteiger partial charge < -0.3 is 4.90 Å². The van der Waals surface area contributed by atoms with Gasteiger partial charge in [0.05, 0.1) is 6.04 Å². The molecule has 0 saturated carbocycles. The Morgan fingerprint density at radius 2 is 1.81 bits per heavy atom. The van der Waals surface area contributed by atoms with Crippen LogP contribution in [0.25, 0.3) is 0 Å². The molecule has 1 atom stereocenters. The van der Waals surface area contributed by atoms with E-state index in [1.54, 1.807) is 11.9 Å². The third-order valence-electron chi connectivity index (χ3n) is 3.89. The number of benzene rings is 1. The number of hydrogen-bond donors (Lipinski definition) is 0. The maximum atomic E-state index is 11.9. The molecule has 4 heteroatoms. The van der Waals surface area contributed by atoms with Crippen molar-refractivity contribution >= 4 is 17.3 Å². The molecule has 0 radical (unpaired) electrons. The molecule has 1 aliphatic heterocycles. The second kappa shape index (κ2) is 5.51. The fraction of sp³-hybridized carbons (Fsp3) is 0.529. The third-order valence-corrected chi connectivity index (χ3v) is 3.89. The monoisotopic (exact) mass is 287 g/mol. The molecule has 1 heterocycles. The second-order valence-electron chi connectivity index (χ2n) is 6.87. The Morgan fingerprint density at radius 3 is 2.24 bits per heavy atom. The van der Waals surface area contributed by atoms with E-state index in [9.17, 15) is 4.79 Å². The largest absolute Gasteiger partial charge is 0.378 e. The summed E-state index contributed by atoms with van der Waals surface area (Å²) in [5, 5.41) is 6.19. The molecule has 21 heavy (non-hydrogen) atoms. The molecule has 1 aliphatic rings. The van der Waals surface area contributed by atoms with E-state index in [2.05, 4.69) is 55.0 Å². The first kappa shape index (κ1) is 15.5. The maximum Gasteiger partial charge on any atom is 0.240 e. The van der Waals surface area contributed by atoms with Crippen LogP contribution in [0.3, 0.4) is 0 Å². The molecule has 0 spiro atoms. The first-order valence-electron chi connectivity index (χ1n) is 7.35. The van der Waals surface area contributed by atoms with Crippen molar-refractivity contribution in [2.75, 3.05) is 19.0 Å². The Balaban J connectivity index is 2.29. The molecule has 2 rings (SSSR count). The van der Waals surface area contributed by atoms with Crippen molar-refractivity contribution in [3.8, 4) is 0 Å². The van der Waals surface area contributed by atoms with Crippen LogP contribution in [0, 0.1) is 5.41 Å². The van der Waals surface area contributed by atoms with E-state index in [1.807, 2.05) is 14.1 Å². The second-order valence-corrected chi connectivity index (χ2v) is 6.87. The summed E-state index contributed by atoms with van der Waals surface area (Å²) in [7, 11) is 4.04. The SMILES string of the molecule is CC(=O)N1N=C(C(C)(C)C)C[C@@H]1c1ccc(N(C)C)cc1. The molecule has 0 N–H and O–H groups in total. The average Bonchev–Trinajstić information content (AvgIpc) is 2.83. The van der Waals surface area contributed by atoms with Crippen LogP contribution in [0.5, 0.6) is 0 Å². The lowest BCUT2D eigenvalue weighted by Crippen LogP contribution is -2.24. The fourth-order valence-electron chi connectivity index (χ4n) is 2.51. The summed E-state index contributed by atoms with van der Waals surface area (Å²) < 4.78 is 0. The van der Waals surface area contributed by atoms with Crippen LogP contribution in [0.4, 0.5) is 5.69 Å². The van der Waals surface area contributed by atoms with E-state index in [0.29, 0.717) is 0 Å². The number of nitrogens with zero attached hydrogens (tertiary/aromatic N) is 3. The van der Waals surface area contributed by atoms with Gasteiger partial charge in [-0.3, -0.25) is 4.79 Å². The van der Waals surface area contributed by atoms with E-state index < -0.39 is 0 Å². The highest BCUT2D eigenvalue weighted by atomic mass is 16.2. The standard InChI is InChI=1S/C17H25N3O/c1-12(21)20-15(11-16(18-20)17(2,3)4)13-7-9-14(10-8-13)19(5)6/h7-10,15H,11H2,1-6H3/t15-/m1/s1. The van der Waals surface area contributed by atoms with Gasteiger partial charge in [0.15, 0.2) is 0 Å².